The van der Waals surface area contributed by atoms with E-state index in [0.29, 0.717) is 6.54 Å². The van der Waals surface area contributed by atoms with Crippen LogP contribution in [0.25, 0.3) is 11.1 Å². The van der Waals surface area contributed by atoms with E-state index < -0.39 is 0 Å². The zero-order valence-electron chi connectivity index (χ0n) is 7.90. The van der Waals surface area contributed by atoms with Crippen molar-refractivity contribution in [2.24, 2.45) is 5.73 Å². The van der Waals surface area contributed by atoms with Gasteiger partial charge in [-0.1, -0.05) is 42.5 Å². The molecule has 0 saturated carbocycles. The van der Waals surface area contributed by atoms with Gasteiger partial charge in [0.25, 0.3) is 0 Å². The maximum atomic E-state index is 5.53. The van der Waals surface area contributed by atoms with Crippen LogP contribution in [0.5, 0.6) is 0 Å². The van der Waals surface area contributed by atoms with Crippen LogP contribution < -0.4 is 5.73 Å². The average Bonchev–Trinajstić information content (AvgIpc) is 2.30. The number of hydrogen-bond acceptors (Lipinski definition) is 1. The van der Waals surface area contributed by atoms with E-state index in [9.17, 15) is 0 Å². The van der Waals surface area contributed by atoms with Gasteiger partial charge in [-0.15, -0.1) is 0 Å². The number of rotatable bonds is 2. The van der Waals surface area contributed by atoms with Crippen LogP contribution in [-0.2, 0) is 6.54 Å². The molecule has 0 aromatic heterocycles. The lowest BCUT2D eigenvalue weighted by atomic mass is 10.0. The molecule has 0 amide bonds. The fourth-order valence-electron chi connectivity index (χ4n) is 1.41. The highest BCUT2D eigenvalue weighted by atomic mass is 14.5. The van der Waals surface area contributed by atoms with E-state index >= 15 is 0 Å². The fraction of sp³-hybridized carbons (Fsp3) is 0.0769. The van der Waals surface area contributed by atoms with Crippen molar-refractivity contribution in [2.45, 2.75) is 6.54 Å². The second kappa shape index (κ2) is 4.07. The molecule has 1 heteroatoms. The molecule has 0 aliphatic heterocycles. The van der Waals surface area contributed by atoms with Crippen molar-refractivity contribution in [3.8, 4) is 11.1 Å². The molecule has 0 aliphatic rings. The normalized spacial score (nSPS) is 10.1. The van der Waals surface area contributed by atoms with Crippen molar-refractivity contribution in [1.82, 2.24) is 0 Å². The van der Waals surface area contributed by atoms with E-state index in [1.807, 2.05) is 18.2 Å². The monoisotopic (exact) mass is 182 g/mol. The molecular weight excluding hydrogens is 170 g/mol. The fourth-order valence-corrected chi connectivity index (χ4v) is 1.41. The van der Waals surface area contributed by atoms with E-state index in [2.05, 4.69) is 36.4 Å². The van der Waals surface area contributed by atoms with Crippen molar-refractivity contribution in [3.63, 3.8) is 0 Å². The van der Waals surface area contributed by atoms with Crippen molar-refractivity contribution in [1.29, 1.82) is 0 Å². The largest absolute Gasteiger partial charge is 0.326 e. The van der Waals surface area contributed by atoms with Crippen molar-refractivity contribution in [2.75, 3.05) is 0 Å². The van der Waals surface area contributed by atoms with Crippen LogP contribution in [0.4, 0.5) is 0 Å². The van der Waals surface area contributed by atoms with Gasteiger partial charge in [-0.25, -0.2) is 0 Å². The van der Waals surface area contributed by atoms with E-state index in [1.165, 1.54) is 11.1 Å². The van der Waals surface area contributed by atoms with E-state index in [-0.39, 0.29) is 0 Å². The highest BCUT2D eigenvalue weighted by Gasteiger charge is 1.95. The van der Waals surface area contributed by atoms with Gasteiger partial charge in [-0.2, -0.15) is 0 Å². The van der Waals surface area contributed by atoms with Gasteiger partial charge in [-0.3, -0.25) is 0 Å². The van der Waals surface area contributed by atoms with Gasteiger partial charge in [0.15, 0.2) is 0 Å². The molecule has 0 fully saturated rings. The van der Waals surface area contributed by atoms with Gasteiger partial charge in [0.2, 0.25) is 0 Å². The standard InChI is InChI=1S/C13H12N/c14-10-11-6-8-13(9-7-11)12-4-2-1-3-5-12/h1-2,4-9H,10,14H2. The summed E-state index contributed by atoms with van der Waals surface area (Å²) in [4.78, 5) is 0. The third kappa shape index (κ3) is 1.83. The zero-order chi connectivity index (χ0) is 9.80. The molecule has 14 heavy (non-hydrogen) atoms. The minimum atomic E-state index is 0.598. The lowest BCUT2D eigenvalue weighted by Crippen LogP contribution is -1.95. The molecule has 0 spiro atoms. The SMILES string of the molecule is NCc1ccc(-c2c[c]ccc2)cc1. The molecule has 0 unspecified atom stereocenters. The molecule has 0 atom stereocenters. The van der Waals surface area contributed by atoms with Crippen LogP contribution in [0, 0.1) is 6.07 Å². The minimum Gasteiger partial charge on any atom is -0.326 e. The molecule has 1 nitrogen and oxygen atoms in total. The van der Waals surface area contributed by atoms with E-state index in [1.54, 1.807) is 0 Å². The summed E-state index contributed by atoms with van der Waals surface area (Å²) in [6.45, 7) is 0.598. The molecule has 2 aromatic rings. The summed E-state index contributed by atoms with van der Waals surface area (Å²) in [5, 5.41) is 0. The summed E-state index contributed by atoms with van der Waals surface area (Å²) in [5.41, 5.74) is 9.09. The van der Waals surface area contributed by atoms with Crippen LogP contribution in [0.2, 0.25) is 0 Å². The van der Waals surface area contributed by atoms with Crippen LogP contribution in [0.1, 0.15) is 5.56 Å². The Balaban J connectivity index is 2.34. The molecule has 1 radical (unpaired) electrons. The summed E-state index contributed by atoms with van der Waals surface area (Å²) < 4.78 is 0. The van der Waals surface area contributed by atoms with Crippen molar-refractivity contribution >= 4 is 0 Å². The molecule has 0 heterocycles. The molecule has 2 aromatic carbocycles. The predicted molar refractivity (Wildman–Crippen MR) is 58.6 cm³/mol. The Morgan fingerprint density at radius 2 is 1.79 bits per heavy atom. The minimum absolute atomic E-state index is 0.598. The van der Waals surface area contributed by atoms with E-state index in [4.69, 9.17) is 5.73 Å². The first-order chi connectivity index (χ1) is 6.90. The highest BCUT2D eigenvalue weighted by Crippen LogP contribution is 2.18. The quantitative estimate of drug-likeness (QED) is 0.759. The maximum Gasteiger partial charge on any atom is 0.0178 e. The lowest BCUT2D eigenvalue weighted by molar-refractivity contribution is 1.07. The molecular formula is C13H12N. The van der Waals surface area contributed by atoms with Gasteiger partial charge >= 0.3 is 0 Å². The maximum absolute atomic E-state index is 5.53. The molecule has 0 bridgehead atoms. The Morgan fingerprint density at radius 1 is 1.00 bits per heavy atom. The Hall–Kier alpha value is -1.60. The second-order valence-corrected chi connectivity index (χ2v) is 3.19. The van der Waals surface area contributed by atoms with Crippen LogP contribution in [0.3, 0.4) is 0 Å². The average molecular weight is 182 g/mol. The Morgan fingerprint density at radius 3 is 2.36 bits per heavy atom. The summed E-state index contributed by atoms with van der Waals surface area (Å²) in [6.07, 6.45) is 0. The first-order valence-electron chi connectivity index (χ1n) is 4.65. The number of nitrogens with two attached hydrogens (primary N) is 1. The summed E-state index contributed by atoms with van der Waals surface area (Å²) in [5.74, 6) is 0. The first kappa shape index (κ1) is 8.97. The van der Waals surface area contributed by atoms with Crippen LogP contribution >= 0.6 is 0 Å². The summed E-state index contributed by atoms with van der Waals surface area (Å²) in [7, 11) is 0. The highest BCUT2D eigenvalue weighted by molar-refractivity contribution is 5.63. The first-order valence-corrected chi connectivity index (χ1v) is 4.65. The third-order valence-corrected chi connectivity index (χ3v) is 2.23. The smallest absolute Gasteiger partial charge is 0.0178 e. The van der Waals surface area contributed by atoms with Crippen LogP contribution in [-0.4, -0.2) is 0 Å². The Kier molecular flexibility index (Phi) is 2.61. The Bertz CT molecular complexity index is 389. The predicted octanol–water partition coefficient (Wildman–Crippen LogP) is 2.61. The molecule has 0 saturated heterocycles. The van der Waals surface area contributed by atoms with Crippen molar-refractivity contribution in [3.05, 3.63) is 60.2 Å². The summed E-state index contributed by atoms with van der Waals surface area (Å²) >= 11 is 0. The topological polar surface area (TPSA) is 26.0 Å². The Labute approximate surface area is 84.2 Å². The molecule has 0 aliphatic carbocycles. The lowest BCUT2D eigenvalue weighted by Gasteiger charge is -2.02. The molecule has 69 valence electrons. The second-order valence-electron chi connectivity index (χ2n) is 3.19. The summed E-state index contributed by atoms with van der Waals surface area (Å²) in [6, 6.07) is 19.3. The van der Waals surface area contributed by atoms with Crippen LogP contribution in [0.15, 0.2) is 48.5 Å². The van der Waals surface area contributed by atoms with Gasteiger partial charge in [-0.05, 0) is 28.8 Å². The van der Waals surface area contributed by atoms with Crippen molar-refractivity contribution < 1.29 is 0 Å². The van der Waals surface area contributed by atoms with Gasteiger partial charge in [0, 0.05) is 6.54 Å². The molecule has 2 rings (SSSR count). The van der Waals surface area contributed by atoms with Gasteiger partial charge in [0.1, 0.15) is 0 Å². The molecule has 2 N–H and O–H groups in total. The zero-order valence-corrected chi connectivity index (χ0v) is 7.90. The van der Waals surface area contributed by atoms with Gasteiger partial charge in [0.05, 0.1) is 0 Å². The van der Waals surface area contributed by atoms with E-state index in [0.717, 1.165) is 5.56 Å². The number of hydrogen-bond donors (Lipinski definition) is 1. The van der Waals surface area contributed by atoms with Gasteiger partial charge < -0.3 is 5.73 Å². The number of benzene rings is 2. The third-order valence-electron chi connectivity index (χ3n) is 2.23.